The summed E-state index contributed by atoms with van der Waals surface area (Å²) in [5.41, 5.74) is 2.50. The lowest BCUT2D eigenvalue weighted by molar-refractivity contribution is -0.128. The molecule has 148 valence electrons. The van der Waals surface area contributed by atoms with Crippen LogP contribution < -0.4 is 5.32 Å². The van der Waals surface area contributed by atoms with Gasteiger partial charge in [-0.1, -0.05) is 60.7 Å². The first-order chi connectivity index (χ1) is 14.0. The number of ketones is 1. The third-order valence-electron chi connectivity index (χ3n) is 4.19. The molecule has 0 aliphatic rings. The number of ether oxygens (including phenoxy) is 1. The number of hydrogen-bond acceptors (Lipinski definition) is 6. The molecule has 7 heteroatoms. The minimum absolute atomic E-state index is 0.166. The Morgan fingerprint density at radius 1 is 1.03 bits per heavy atom. The van der Waals surface area contributed by atoms with Gasteiger partial charge in [-0.05, 0) is 18.9 Å². The summed E-state index contributed by atoms with van der Waals surface area (Å²) >= 11 is 1.15. The fraction of sp³-hybridized carbons (Fsp3) is 0.182. The molecule has 0 aliphatic heterocycles. The highest BCUT2D eigenvalue weighted by atomic mass is 32.1. The maximum atomic E-state index is 12.2. The number of hydrogen-bond donors (Lipinski definition) is 1. The Morgan fingerprint density at radius 3 is 2.34 bits per heavy atom. The molecular formula is C22H20N2O4S. The van der Waals surface area contributed by atoms with E-state index in [-0.39, 0.29) is 10.8 Å². The molecule has 2 aromatic carbocycles. The van der Waals surface area contributed by atoms with Crippen LogP contribution in [0.2, 0.25) is 0 Å². The summed E-state index contributed by atoms with van der Waals surface area (Å²) in [6, 6.07) is 18.2. The van der Waals surface area contributed by atoms with Crippen molar-refractivity contribution in [2.75, 3.05) is 6.61 Å². The Balaban J connectivity index is 1.53. The zero-order chi connectivity index (χ0) is 20.6. The third kappa shape index (κ3) is 5.83. The van der Waals surface area contributed by atoms with Crippen molar-refractivity contribution in [3.8, 4) is 11.3 Å². The number of benzene rings is 2. The van der Waals surface area contributed by atoms with Crippen LogP contribution in [0.25, 0.3) is 11.3 Å². The van der Waals surface area contributed by atoms with Crippen molar-refractivity contribution in [3.63, 3.8) is 0 Å². The number of aromatic nitrogens is 1. The van der Waals surface area contributed by atoms with E-state index in [0.29, 0.717) is 12.1 Å². The molecule has 0 saturated heterocycles. The normalized spacial score (nSPS) is 11.5. The van der Waals surface area contributed by atoms with Crippen LogP contribution in [0, 0.1) is 0 Å². The summed E-state index contributed by atoms with van der Waals surface area (Å²) < 4.78 is 5.06. The zero-order valence-electron chi connectivity index (χ0n) is 15.8. The summed E-state index contributed by atoms with van der Waals surface area (Å²) in [5, 5.41) is 4.55. The molecule has 6 nitrogen and oxygen atoms in total. The number of nitrogens with one attached hydrogen (secondary N) is 1. The van der Waals surface area contributed by atoms with Gasteiger partial charge in [-0.15, -0.1) is 11.3 Å². The Morgan fingerprint density at radius 2 is 1.69 bits per heavy atom. The molecule has 1 N–H and O–H groups in total. The van der Waals surface area contributed by atoms with Crippen LogP contribution in [0.5, 0.6) is 0 Å². The second kappa shape index (κ2) is 9.75. The van der Waals surface area contributed by atoms with E-state index in [4.69, 9.17) is 4.74 Å². The maximum absolute atomic E-state index is 12.2. The average molecular weight is 408 g/mol. The Bertz CT molecular complexity index is 986. The quantitative estimate of drug-likeness (QED) is 0.578. The van der Waals surface area contributed by atoms with Gasteiger partial charge in [0.25, 0.3) is 5.91 Å². The predicted octanol–water partition coefficient (Wildman–Crippen LogP) is 3.28. The first-order valence-electron chi connectivity index (χ1n) is 9.04. The number of amides is 1. The number of rotatable bonds is 8. The van der Waals surface area contributed by atoms with Crippen LogP contribution >= 0.6 is 11.3 Å². The van der Waals surface area contributed by atoms with Crippen LogP contribution in [0.1, 0.15) is 22.3 Å². The van der Waals surface area contributed by atoms with E-state index in [0.717, 1.165) is 22.5 Å². The number of carbonyl (C=O) groups is 3. The fourth-order valence-electron chi connectivity index (χ4n) is 2.68. The minimum atomic E-state index is -0.673. The molecule has 0 spiro atoms. The van der Waals surface area contributed by atoms with Crippen LogP contribution in [0.15, 0.2) is 66.0 Å². The smallest absolute Gasteiger partial charge is 0.367 e. The largest absolute Gasteiger partial charge is 0.450 e. The van der Waals surface area contributed by atoms with E-state index in [9.17, 15) is 14.4 Å². The van der Waals surface area contributed by atoms with Crippen molar-refractivity contribution in [2.24, 2.45) is 0 Å². The van der Waals surface area contributed by atoms with E-state index in [1.165, 1.54) is 6.92 Å². The highest BCUT2D eigenvalue weighted by Crippen LogP contribution is 2.21. The molecule has 0 saturated carbocycles. The van der Waals surface area contributed by atoms with Gasteiger partial charge in [-0.3, -0.25) is 9.59 Å². The Labute approximate surface area is 172 Å². The molecule has 0 aliphatic carbocycles. The lowest BCUT2D eigenvalue weighted by atomic mass is 10.0. The van der Waals surface area contributed by atoms with Gasteiger partial charge < -0.3 is 10.1 Å². The molecule has 1 aromatic heterocycles. The van der Waals surface area contributed by atoms with Crippen molar-refractivity contribution in [3.05, 3.63) is 76.6 Å². The summed E-state index contributed by atoms with van der Waals surface area (Å²) in [5.74, 6) is -1.37. The van der Waals surface area contributed by atoms with Gasteiger partial charge >= 0.3 is 5.97 Å². The van der Waals surface area contributed by atoms with Gasteiger partial charge in [-0.2, -0.15) is 0 Å². The van der Waals surface area contributed by atoms with Gasteiger partial charge in [0.15, 0.2) is 12.4 Å². The number of esters is 1. The van der Waals surface area contributed by atoms with E-state index in [1.54, 1.807) is 5.38 Å². The van der Waals surface area contributed by atoms with Crippen molar-refractivity contribution < 1.29 is 19.1 Å². The van der Waals surface area contributed by atoms with Crippen molar-refractivity contribution in [1.29, 1.82) is 0 Å². The second-order valence-electron chi connectivity index (χ2n) is 6.40. The SMILES string of the molecule is CC(=O)C(Cc1ccccc1)NC(=O)COC(=O)c1nc(-c2ccccc2)cs1. The van der Waals surface area contributed by atoms with Gasteiger partial charge in [-0.25, -0.2) is 9.78 Å². The molecule has 1 unspecified atom stereocenters. The molecule has 3 aromatic rings. The maximum Gasteiger partial charge on any atom is 0.367 e. The van der Waals surface area contributed by atoms with E-state index in [1.807, 2.05) is 60.7 Å². The topological polar surface area (TPSA) is 85.4 Å². The monoisotopic (exact) mass is 408 g/mol. The highest BCUT2D eigenvalue weighted by molar-refractivity contribution is 7.11. The molecule has 0 fully saturated rings. The average Bonchev–Trinajstić information content (AvgIpc) is 3.23. The van der Waals surface area contributed by atoms with Crippen LogP contribution in [-0.2, 0) is 20.7 Å². The standard InChI is InChI=1S/C22H20N2O4S/c1-15(25)18(12-16-8-4-2-5-9-16)23-20(26)13-28-22(27)21-24-19(14-29-21)17-10-6-3-7-11-17/h2-11,14,18H,12-13H2,1H3,(H,23,26). The lowest BCUT2D eigenvalue weighted by Crippen LogP contribution is -2.43. The lowest BCUT2D eigenvalue weighted by Gasteiger charge is -2.16. The zero-order valence-corrected chi connectivity index (χ0v) is 16.6. The predicted molar refractivity (Wildman–Crippen MR) is 111 cm³/mol. The van der Waals surface area contributed by atoms with Crippen LogP contribution in [-0.4, -0.2) is 35.3 Å². The van der Waals surface area contributed by atoms with Crippen LogP contribution in [0.3, 0.4) is 0 Å². The molecule has 3 rings (SSSR count). The minimum Gasteiger partial charge on any atom is -0.450 e. The molecule has 29 heavy (non-hydrogen) atoms. The van der Waals surface area contributed by atoms with Crippen molar-refractivity contribution in [1.82, 2.24) is 10.3 Å². The second-order valence-corrected chi connectivity index (χ2v) is 7.26. The Hall–Kier alpha value is -3.32. The summed E-state index contributed by atoms with van der Waals surface area (Å²) in [4.78, 5) is 40.4. The van der Waals surface area contributed by atoms with Gasteiger partial charge in [0.2, 0.25) is 5.01 Å². The highest BCUT2D eigenvalue weighted by Gasteiger charge is 2.20. The van der Waals surface area contributed by atoms with E-state index < -0.39 is 24.5 Å². The number of carbonyl (C=O) groups excluding carboxylic acids is 3. The first-order valence-corrected chi connectivity index (χ1v) is 9.92. The molecule has 1 atom stereocenters. The van der Waals surface area contributed by atoms with E-state index in [2.05, 4.69) is 10.3 Å². The summed E-state index contributed by atoms with van der Waals surface area (Å²) in [6.45, 7) is 0.943. The van der Waals surface area contributed by atoms with Crippen molar-refractivity contribution >= 4 is 29.0 Å². The van der Waals surface area contributed by atoms with E-state index >= 15 is 0 Å². The summed E-state index contributed by atoms with van der Waals surface area (Å²) in [7, 11) is 0. The number of thiazole rings is 1. The third-order valence-corrected chi connectivity index (χ3v) is 5.01. The van der Waals surface area contributed by atoms with Gasteiger partial charge in [0.1, 0.15) is 0 Å². The van der Waals surface area contributed by atoms with Gasteiger partial charge in [0.05, 0.1) is 11.7 Å². The number of Topliss-reactive ketones (excluding diaryl/α,β-unsaturated/α-hetero) is 1. The fourth-order valence-corrected chi connectivity index (χ4v) is 3.40. The summed E-state index contributed by atoms with van der Waals surface area (Å²) in [6.07, 6.45) is 0.378. The van der Waals surface area contributed by atoms with Gasteiger partial charge in [0, 0.05) is 10.9 Å². The molecule has 1 amide bonds. The molecule has 0 bridgehead atoms. The van der Waals surface area contributed by atoms with Crippen molar-refractivity contribution in [2.45, 2.75) is 19.4 Å². The Kier molecular flexibility index (Phi) is 6.86. The van der Waals surface area contributed by atoms with Crippen LogP contribution in [0.4, 0.5) is 0 Å². The molecule has 1 heterocycles. The first kappa shape index (κ1) is 20.4. The number of nitrogens with zero attached hydrogens (tertiary/aromatic N) is 1. The molecule has 0 radical (unpaired) electrons. The molecular weight excluding hydrogens is 388 g/mol.